The molecule has 5 heteroatoms. The Balaban J connectivity index is 2.12. The molecular weight excluding hydrogens is 261 g/mol. The molecule has 0 aromatic heterocycles. The molecule has 1 aromatic rings. The van der Waals surface area contributed by atoms with Gasteiger partial charge in [-0.1, -0.05) is 26.0 Å². The summed E-state index contributed by atoms with van der Waals surface area (Å²) in [6, 6.07) is 5.22. The molecule has 0 bridgehead atoms. The smallest absolute Gasteiger partial charge is 0.230 e. The molecule has 106 valence electrons. The van der Waals surface area contributed by atoms with E-state index in [-0.39, 0.29) is 42.2 Å². The second-order valence-electron chi connectivity index (χ2n) is 5.82. The third kappa shape index (κ3) is 3.10. The van der Waals surface area contributed by atoms with E-state index in [1.807, 2.05) is 13.8 Å². The van der Waals surface area contributed by atoms with Crippen molar-refractivity contribution in [3.8, 4) is 0 Å². The first-order valence-electron chi connectivity index (χ1n) is 6.40. The van der Waals surface area contributed by atoms with E-state index in [1.165, 1.54) is 18.2 Å². The summed E-state index contributed by atoms with van der Waals surface area (Å²) in [6.07, 6.45) is 0.463. The van der Waals surface area contributed by atoms with Crippen LogP contribution in [0.5, 0.6) is 0 Å². The zero-order chi connectivity index (χ0) is 14.9. The van der Waals surface area contributed by atoms with E-state index in [2.05, 4.69) is 0 Å². The number of amides is 2. The van der Waals surface area contributed by atoms with Crippen LogP contribution in [0.15, 0.2) is 24.3 Å². The quantitative estimate of drug-likeness (QED) is 0.628. The maximum atomic E-state index is 13.1. The van der Waals surface area contributed by atoms with Crippen LogP contribution >= 0.6 is 0 Å². The lowest BCUT2D eigenvalue weighted by molar-refractivity contribution is -0.151. The van der Waals surface area contributed by atoms with Gasteiger partial charge in [-0.25, -0.2) is 4.39 Å². The first-order valence-corrected chi connectivity index (χ1v) is 6.40. The summed E-state index contributed by atoms with van der Waals surface area (Å²) in [4.78, 5) is 36.8. The Labute approximate surface area is 116 Å². The monoisotopic (exact) mass is 277 g/mol. The van der Waals surface area contributed by atoms with Gasteiger partial charge in [-0.05, 0) is 17.5 Å². The number of carbonyl (C=O) groups is 3. The van der Waals surface area contributed by atoms with Crippen LogP contribution in [0.2, 0.25) is 0 Å². The average molecular weight is 277 g/mol. The van der Waals surface area contributed by atoms with Crippen molar-refractivity contribution in [2.45, 2.75) is 26.7 Å². The minimum Gasteiger partial charge on any atom is -0.292 e. The fraction of sp³-hybridized carbons (Fsp3) is 0.400. The summed E-state index contributed by atoms with van der Waals surface area (Å²) in [6.45, 7) is 3.36. The number of likely N-dealkylation sites (tertiary alicyclic amines) is 1. The number of benzene rings is 1. The molecule has 4 nitrogen and oxygen atoms in total. The summed E-state index contributed by atoms with van der Waals surface area (Å²) in [7, 11) is 0. The number of hydrogen-bond acceptors (Lipinski definition) is 3. The van der Waals surface area contributed by atoms with Crippen molar-refractivity contribution in [3.63, 3.8) is 0 Å². The fourth-order valence-electron chi connectivity index (χ4n) is 2.28. The predicted octanol–water partition coefficient (Wildman–Crippen LogP) is 2.18. The van der Waals surface area contributed by atoms with Gasteiger partial charge in [0, 0.05) is 18.4 Å². The van der Waals surface area contributed by atoms with E-state index in [9.17, 15) is 18.8 Å². The normalized spacial score (nSPS) is 18.2. The molecule has 20 heavy (non-hydrogen) atoms. The zero-order valence-electron chi connectivity index (χ0n) is 11.5. The molecule has 0 spiro atoms. The first kappa shape index (κ1) is 14.4. The topological polar surface area (TPSA) is 54.5 Å². The highest BCUT2D eigenvalue weighted by Gasteiger charge is 2.38. The molecule has 2 rings (SSSR count). The van der Waals surface area contributed by atoms with Crippen molar-refractivity contribution < 1.29 is 18.8 Å². The van der Waals surface area contributed by atoms with Gasteiger partial charge in [0.05, 0.1) is 6.54 Å². The van der Waals surface area contributed by atoms with Gasteiger partial charge in [0.25, 0.3) is 0 Å². The van der Waals surface area contributed by atoms with E-state index in [1.54, 1.807) is 0 Å². The third-order valence-corrected chi connectivity index (χ3v) is 3.31. The Morgan fingerprint density at radius 3 is 2.40 bits per heavy atom. The molecule has 1 fully saturated rings. The molecule has 1 aliphatic heterocycles. The van der Waals surface area contributed by atoms with Crippen molar-refractivity contribution in [2.75, 3.05) is 6.54 Å². The number of rotatable bonds is 3. The average Bonchev–Trinajstić information content (AvgIpc) is 2.32. The molecule has 0 atom stereocenters. The van der Waals surface area contributed by atoms with Gasteiger partial charge < -0.3 is 0 Å². The maximum absolute atomic E-state index is 13.1. The number of imide groups is 1. The van der Waals surface area contributed by atoms with Crippen LogP contribution in [0.25, 0.3) is 0 Å². The van der Waals surface area contributed by atoms with E-state index in [4.69, 9.17) is 0 Å². The summed E-state index contributed by atoms with van der Waals surface area (Å²) < 4.78 is 13.1. The summed E-state index contributed by atoms with van der Waals surface area (Å²) in [5.74, 6) is -1.66. The molecule has 0 unspecified atom stereocenters. The number of ketones is 1. The number of carbonyl (C=O) groups excluding carboxylic acids is 3. The van der Waals surface area contributed by atoms with Gasteiger partial charge >= 0.3 is 0 Å². The molecule has 1 aromatic carbocycles. The molecule has 1 aliphatic rings. The second kappa shape index (κ2) is 5.15. The molecular formula is C15H16FNO3. The highest BCUT2D eigenvalue weighted by atomic mass is 19.1. The Bertz CT molecular complexity index is 560. The van der Waals surface area contributed by atoms with Gasteiger partial charge in [0.1, 0.15) is 5.82 Å². The number of halogens is 1. The van der Waals surface area contributed by atoms with Crippen LogP contribution in [0.3, 0.4) is 0 Å². The Morgan fingerprint density at radius 1 is 1.25 bits per heavy atom. The SMILES string of the molecule is CC1(C)CC(=O)N(CC(=O)c2cccc(F)c2)C(=O)C1. The van der Waals surface area contributed by atoms with E-state index >= 15 is 0 Å². The molecule has 0 aliphatic carbocycles. The fourth-order valence-corrected chi connectivity index (χ4v) is 2.28. The lowest BCUT2D eigenvalue weighted by Gasteiger charge is -2.34. The second-order valence-corrected chi connectivity index (χ2v) is 5.82. The molecule has 0 N–H and O–H groups in total. The summed E-state index contributed by atoms with van der Waals surface area (Å²) in [5.41, 5.74) is -0.206. The van der Waals surface area contributed by atoms with Gasteiger partial charge in [0.15, 0.2) is 5.78 Å². The molecule has 2 amide bonds. The van der Waals surface area contributed by atoms with Crippen molar-refractivity contribution >= 4 is 17.6 Å². The van der Waals surface area contributed by atoms with E-state index < -0.39 is 11.6 Å². The number of piperidine rings is 1. The molecule has 0 saturated carbocycles. The van der Waals surface area contributed by atoms with Crippen LogP contribution in [0, 0.1) is 11.2 Å². The summed E-state index contributed by atoms with van der Waals surface area (Å²) >= 11 is 0. The number of hydrogen-bond donors (Lipinski definition) is 0. The predicted molar refractivity (Wildman–Crippen MR) is 70.5 cm³/mol. The maximum Gasteiger partial charge on any atom is 0.230 e. The van der Waals surface area contributed by atoms with Crippen LogP contribution in [0.4, 0.5) is 4.39 Å². The van der Waals surface area contributed by atoms with Gasteiger partial charge in [-0.3, -0.25) is 19.3 Å². The van der Waals surface area contributed by atoms with Crippen molar-refractivity contribution in [1.82, 2.24) is 4.90 Å². The summed E-state index contributed by atoms with van der Waals surface area (Å²) in [5, 5.41) is 0. The molecule has 1 saturated heterocycles. The Kier molecular flexibility index (Phi) is 3.70. The van der Waals surface area contributed by atoms with Gasteiger partial charge in [-0.2, -0.15) is 0 Å². The van der Waals surface area contributed by atoms with Crippen molar-refractivity contribution in [1.29, 1.82) is 0 Å². The van der Waals surface area contributed by atoms with Crippen LogP contribution in [0.1, 0.15) is 37.0 Å². The van der Waals surface area contributed by atoms with Crippen LogP contribution < -0.4 is 0 Å². The highest BCUT2D eigenvalue weighted by molar-refractivity contribution is 6.05. The van der Waals surface area contributed by atoms with E-state index in [0.717, 1.165) is 11.0 Å². The van der Waals surface area contributed by atoms with Crippen molar-refractivity contribution in [3.05, 3.63) is 35.6 Å². The number of Topliss-reactive ketones (excluding diaryl/α,β-unsaturated/α-hetero) is 1. The van der Waals surface area contributed by atoms with Gasteiger partial charge in [-0.15, -0.1) is 0 Å². The van der Waals surface area contributed by atoms with Crippen LogP contribution in [-0.2, 0) is 9.59 Å². The first-order chi connectivity index (χ1) is 9.28. The lowest BCUT2D eigenvalue weighted by atomic mass is 9.81. The Hall–Kier alpha value is -2.04. The number of nitrogens with zero attached hydrogens (tertiary/aromatic N) is 1. The van der Waals surface area contributed by atoms with Gasteiger partial charge in [0.2, 0.25) is 11.8 Å². The lowest BCUT2D eigenvalue weighted by Crippen LogP contribution is -2.48. The minimum atomic E-state index is -0.520. The Morgan fingerprint density at radius 2 is 1.85 bits per heavy atom. The van der Waals surface area contributed by atoms with Crippen molar-refractivity contribution in [2.24, 2.45) is 5.41 Å². The van der Waals surface area contributed by atoms with E-state index in [0.29, 0.717) is 0 Å². The third-order valence-electron chi connectivity index (χ3n) is 3.31. The zero-order valence-corrected chi connectivity index (χ0v) is 11.5. The minimum absolute atomic E-state index is 0.162. The standard InChI is InChI=1S/C15H16FNO3/c1-15(2)7-13(19)17(14(20)8-15)9-12(18)10-4-3-5-11(16)6-10/h3-6H,7-9H2,1-2H3. The largest absolute Gasteiger partial charge is 0.292 e. The highest BCUT2D eigenvalue weighted by Crippen LogP contribution is 2.31. The van der Waals surface area contributed by atoms with Crippen LogP contribution in [-0.4, -0.2) is 29.0 Å². The molecule has 0 radical (unpaired) electrons. The molecule has 1 heterocycles.